The summed E-state index contributed by atoms with van der Waals surface area (Å²) < 4.78 is 7.46. The minimum Gasteiger partial charge on any atom is -0.419 e. The van der Waals surface area contributed by atoms with Gasteiger partial charge in [0, 0.05) is 6.20 Å². The van der Waals surface area contributed by atoms with Crippen molar-refractivity contribution in [2.75, 3.05) is 0 Å². The second-order valence-electron chi connectivity index (χ2n) is 4.80. The van der Waals surface area contributed by atoms with Crippen molar-refractivity contribution < 1.29 is 4.42 Å². The molecule has 3 aromatic heterocycles. The largest absolute Gasteiger partial charge is 0.419 e. The number of pyridine rings is 1. The maximum Gasteiger partial charge on any atom is 0.236 e. The maximum absolute atomic E-state index is 12.6. The number of aromatic nitrogens is 3. The predicted octanol–water partition coefficient (Wildman–Crippen LogP) is 2.84. The summed E-state index contributed by atoms with van der Waals surface area (Å²) in [5.74, 6) is 0. The third-order valence-electron chi connectivity index (χ3n) is 3.45. The Labute approximate surface area is 119 Å². The van der Waals surface area contributed by atoms with E-state index in [4.69, 9.17) is 4.42 Å². The van der Waals surface area contributed by atoms with E-state index in [1.165, 1.54) is 0 Å². The molecule has 0 saturated carbocycles. The first-order valence-corrected chi connectivity index (χ1v) is 6.58. The summed E-state index contributed by atoms with van der Waals surface area (Å²) in [7, 11) is 0. The fourth-order valence-electron chi connectivity index (χ4n) is 2.48. The molecule has 0 N–H and O–H groups in total. The van der Waals surface area contributed by atoms with Gasteiger partial charge >= 0.3 is 0 Å². The van der Waals surface area contributed by atoms with Gasteiger partial charge in [0.2, 0.25) is 16.9 Å². The van der Waals surface area contributed by atoms with Gasteiger partial charge < -0.3 is 4.42 Å². The Balaban J connectivity index is 2.19. The standard InChI is InChI=1S/C16H11N3O2/c1-10-13-14(20)12-8-5-9-17-15(12)21-16(13)19(18-10)11-6-3-2-4-7-11/h2-9H,1H3. The van der Waals surface area contributed by atoms with Gasteiger partial charge in [-0.1, -0.05) is 18.2 Å². The molecule has 0 radical (unpaired) electrons. The van der Waals surface area contributed by atoms with E-state index in [-0.39, 0.29) is 5.43 Å². The summed E-state index contributed by atoms with van der Waals surface area (Å²) in [5, 5.41) is 5.41. The van der Waals surface area contributed by atoms with Crippen LogP contribution in [-0.4, -0.2) is 14.8 Å². The van der Waals surface area contributed by atoms with E-state index < -0.39 is 0 Å². The molecule has 0 bridgehead atoms. The van der Waals surface area contributed by atoms with Gasteiger partial charge in [0.05, 0.1) is 16.8 Å². The molecular formula is C16H11N3O2. The van der Waals surface area contributed by atoms with E-state index in [0.29, 0.717) is 27.9 Å². The summed E-state index contributed by atoms with van der Waals surface area (Å²) in [4.78, 5) is 16.7. The molecule has 1 aromatic carbocycles. The minimum atomic E-state index is -0.0981. The molecule has 0 aliphatic carbocycles. The van der Waals surface area contributed by atoms with Crippen molar-refractivity contribution in [3.05, 3.63) is 64.6 Å². The monoisotopic (exact) mass is 277 g/mol. The van der Waals surface area contributed by atoms with Gasteiger partial charge in [0.1, 0.15) is 5.39 Å². The number of fused-ring (bicyclic) bond motifs is 2. The lowest BCUT2D eigenvalue weighted by Crippen LogP contribution is -2.03. The summed E-state index contributed by atoms with van der Waals surface area (Å²) in [5.41, 5.74) is 2.14. The van der Waals surface area contributed by atoms with Crippen LogP contribution >= 0.6 is 0 Å². The van der Waals surface area contributed by atoms with E-state index in [2.05, 4.69) is 10.1 Å². The third kappa shape index (κ3) is 1.67. The van der Waals surface area contributed by atoms with Gasteiger partial charge in [-0.25, -0.2) is 4.98 Å². The predicted molar refractivity (Wildman–Crippen MR) is 79.6 cm³/mol. The van der Waals surface area contributed by atoms with Crippen molar-refractivity contribution in [1.29, 1.82) is 0 Å². The van der Waals surface area contributed by atoms with Gasteiger partial charge in [-0.15, -0.1) is 0 Å². The zero-order valence-corrected chi connectivity index (χ0v) is 11.3. The number of hydrogen-bond donors (Lipinski definition) is 0. The lowest BCUT2D eigenvalue weighted by atomic mass is 10.2. The molecule has 0 spiro atoms. The Kier molecular flexibility index (Phi) is 2.41. The lowest BCUT2D eigenvalue weighted by molar-refractivity contribution is 0.609. The Morgan fingerprint density at radius 3 is 2.71 bits per heavy atom. The Hall–Kier alpha value is -2.95. The number of para-hydroxylation sites is 1. The highest BCUT2D eigenvalue weighted by Gasteiger charge is 2.17. The van der Waals surface area contributed by atoms with E-state index in [1.54, 1.807) is 29.9 Å². The molecule has 4 aromatic rings. The van der Waals surface area contributed by atoms with Crippen molar-refractivity contribution >= 4 is 22.2 Å². The van der Waals surface area contributed by atoms with Crippen LogP contribution in [0.4, 0.5) is 0 Å². The highest BCUT2D eigenvalue weighted by molar-refractivity contribution is 5.88. The fraction of sp³-hybridized carbons (Fsp3) is 0.0625. The van der Waals surface area contributed by atoms with Crippen molar-refractivity contribution in [1.82, 2.24) is 14.8 Å². The van der Waals surface area contributed by atoms with Crippen LogP contribution < -0.4 is 5.43 Å². The molecule has 5 heteroatoms. The second kappa shape index (κ2) is 4.28. The smallest absolute Gasteiger partial charge is 0.236 e. The molecule has 0 unspecified atom stereocenters. The summed E-state index contributed by atoms with van der Waals surface area (Å²) >= 11 is 0. The Bertz CT molecular complexity index is 1020. The Morgan fingerprint density at radius 2 is 1.90 bits per heavy atom. The van der Waals surface area contributed by atoms with Crippen LogP contribution in [-0.2, 0) is 0 Å². The van der Waals surface area contributed by atoms with Crippen LogP contribution in [0, 0.1) is 6.92 Å². The third-order valence-corrected chi connectivity index (χ3v) is 3.45. The molecule has 0 aliphatic heterocycles. The number of aryl methyl sites for hydroxylation is 1. The lowest BCUT2D eigenvalue weighted by Gasteiger charge is -2.02. The first-order valence-electron chi connectivity index (χ1n) is 6.58. The van der Waals surface area contributed by atoms with E-state index in [1.807, 2.05) is 30.3 Å². The highest BCUT2D eigenvalue weighted by atomic mass is 16.4. The number of benzene rings is 1. The van der Waals surface area contributed by atoms with Gasteiger partial charge in [-0.2, -0.15) is 9.78 Å². The fourth-order valence-corrected chi connectivity index (χ4v) is 2.48. The molecule has 0 atom stereocenters. The van der Waals surface area contributed by atoms with Crippen LogP contribution in [0.3, 0.4) is 0 Å². The summed E-state index contributed by atoms with van der Waals surface area (Å²) in [6, 6.07) is 13.0. The molecule has 3 heterocycles. The van der Waals surface area contributed by atoms with E-state index in [9.17, 15) is 4.79 Å². The molecule has 0 saturated heterocycles. The highest BCUT2D eigenvalue weighted by Crippen LogP contribution is 2.22. The molecule has 4 rings (SSSR count). The minimum absolute atomic E-state index is 0.0981. The van der Waals surface area contributed by atoms with Gasteiger partial charge in [-0.3, -0.25) is 4.79 Å². The molecule has 5 nitrogen and oxygen atoms in total. The average molecular weight is 277 g/mol. The van der Waals surface area contributed by atoms with Crippen LogP contribution in [0.2, 0.25) is 0 Å². The summed E-state index contributed by atoms with van der Waals surface area (Å²) in [6.07, 6.45) is 1.60. The Morgan fingerprint density at radius 1 is 1.10 bits per heavy atom. The van der Waals surface area contributed by atoms with Crippen molar-refractivity contribution in [3.8, 4) is 5.69 Å². The van der Waals surface area contributed by atoms with Gasteiger partial charge in [0.25, 0.3) is 0 Å². The van der Waals surface area contributed by atoms with Crippen molar-refractivity contribution in [3.63, 3.8) is 0 Å². The van der Waals surface area contributed by atoms with Crippen molar-refractivity contribution in [2.45, 2.75) is 6.92 Å². The maximum atomic E-state index is 12.6. The van der Waals surface area contributed by atoms with Crippen molar-refractivity contribution in [2.24, 2.45) is 0 Å². The first kappa shape index (κ1) is 11.8. The van der Waals surface area contributed by atoms with Crippen LogP contribution in [0.25, 0.3) is 27.9 Å². The molecule has 102 valence electrons. The number of hydrogen-bond acceptors (Lipinski definition) is 4. The summed E-state index contributed by atoms with van der Waals surface area (Å²) in [6.45, 7) is 1.81. The van der Waals surface area contributed by atoms with Crippen LogP contribution in [0.15, 0.2) is 57.9 Å². The van der Waals surface area contributed by atoms with Gasteiger partial charge in [0.15, 0.2) is 0 Å². The van der Waals surface area contributed by atoms with Crippen LogP contribution in [0.5, 0.6) is 0 Å². The first-order chi connectivity index (χ1) is 10.3. The molecule has 0 fully saturated rings. The topological polar surface area (TPSA) is 60.9 Å². The zero-order valence-electron chi connectivity index (χ0n) is 11.3. The normalized spacial score (nSPS) is 11.3. The zero-order chi connectivity index (χ0) is 14.4. The molecule has 0 amide bonds. The number of rotatable bonds is 1. The molecular weight excluding hydrogens is 266 g/mol. The molecule has 0 aliphatic rings. The van der Waals surface area contributed by atoms with Gasteiger partial charge in [-0.05, 0) is 31.2 Å². The number of nitrogens with zero attached hydrogens (tertiary/aromatic N) is 3. The van der Waals surface area contributed by atoms with E-state index in [0.717, 1.165) is 5.69 Å². The van der Waals surface area contributed by atoms with E-state index >= 15 is 0 Å². The average Bonchev–Trinajstić information content (AvgIpc) is 2.86. The quantitative estimate of drug-likeness (QED) is 0.536. The van der Waals surface area contributed by atoms with Crippen LogP contribution in [0.1, 0.15) is 5.69 Å². The molecule has 21 heavy (non-hydrogen) atoms. The second-order valence-corrected chi connectivity index (χ2v) is 4.80. The SMILES string of the molecule is Cc1nn(-c2ccccc2)c2oc3ncccc3c(=O)c12.